The summed E-state index contributed by atoms with van der Waals surface area (Å²) >= 11 is 0. The van der Waals surface area contributed by atoms with E-state index in [1.807, 2.05) is 4.90 Å². The van der Waals surface area contributed by atoms with Gasteiger partial charge in [0.15, 0.2) is 5.78 Å². The van der Waals surface area contributed by atoms with E-state index in [0.717, 1.165) is 25.1 Å². The first-order chi connectivity index (χ1) is 8.66. The van der Waals surface area contributed by atoms with Gasteiger partial charge in [0.25, 0.3) is 0 Å². The largest absolute Gasteiger partial charge is 0.507 e. The van der Waals surface area contributed by atoms with Crippen LogP contribution in [-0.4, -0.2) is 48.6 Å². The molecule has 2 rings (SSSR count). The predicted molar refractivity (Wildman–Crippen MR) is 64.3 cm³/mol. The quantitative estimate of drug-likeness (QED) is 0.828. The molecule has 1 aliphatic heterocycles. The lowest BCUT2D eigenvalue weighted by Gasteiger charge is -2.18. The number of hydrogen-bond donors (Lipinski definition) is 1. The van der Waals surface area contributed by atoms with Crippen LogP contribution >= 0.6 is 0 Å². The summed E-state index contributed by atoms with van der Waals surface area (Å²) in [6, 6.07) is 3.41. The zero-order chi connectivity index (χ0) is 13.0. The van der Waals surface area contributed by atoms with Crippen molar-refractivity contribution in [2.45, 2.75) is 6.42 Å². The minimum Gasteiger partial charge on any atom is -0.507 e. The Morgan fingerprint density at radius 1 is 1.39 bits per heavy atom. The molecule has 0 spiro atoms. The zero-order valence-corrected chi connectivity index (χ0v) is 10.1. The third-order valence-electron chi connectivity index (χ3n) is 2.94. The third kappa shape index (κ3) is 3.27. The van der Waals surface area contributed by atoms with Gasteiger partial charge in [-0.2, -0.15) is 0 Å². The summed E-state index contributed by atoms with van der Waals surface area (Å²) in [4.78, 5) is 13.9. The second-order valence-electron chi connectivity index (χ2n) is 4.33. The molecular formula is C13H16FNO3. The summed E-state index contributed by atoms with van der Waals surface area (Å²) in [5.41, 5.74) is 0.0418. The number of aromatic hydroxyl groups is 1. The molecule has 0 aromatic heterocycles. The molecule has 0 saturated carbocycles. The fourth-order valence-corrected chi connectivity index (χ4v) is 1.98. The first-order valence-corrected chi connectivity index (χ1v) is 5.98. The van der Waals surface area contributed by atoms with Gasteiger partial charge < -0.3 is 9.84 Å². The van der Waals surface area contributed by atoms with Gasteiger partial charge in [-0.15, -0.1) is 0 Å². The van der Waals surface area contributed by atoms with Gasteiger partial charge in [-0.25, -0.2) is 4.39 Å². The van der Waals surface area contributed by atoms with Crippen molar-refractivity contribution in [3.63, 3.8) is 0 Å². The average molecular weight is 253 g/mol. The molecule has 1 fully saturated rings. The van der Waals surface area contributed by atoms with E-state index in [0.29, 0.717) is 19.8 Å². The summed E-state index contributed by atoms with van der Waals surface area (Å²) in [6.07, 6.45) is 0.877. The summed E-state index contributed by atoms with van der Waals surface area (Å²) in [5, 5.41) is 9.56. The Bertz CT molecular complexity index is 428. The summed E-state index contributed by atoms with van der Waals surface area (Å²) in [7, 11) is 0. The number of carbonyl (C=O) groups excluding carboxylic acids is 1. The number of hydrogen-bond acceptors (Lipinski definition) is 4. The topological polar surface area (TPSA) is 49.8 Å². The van der Waals surface area contributed by atoms with Gasteiger partial charge in [0, 0.05) is 19.7 Å². The Balaban J connectivity index is 2.04. The van der Waals surface area contributed by atoms with E-state index in [2.05, 4.69) is 0 Å². The molecule has 98 valence electrons. The number of ketones is 1. The molecule has 18 heavy (non-hydrogen) atoms. The molecule has 1 aromatic carbocycles. The van der Waals surface area contributed by atoms with Crippen molar-refractivity contribution >= 4 is 5.78 Å². The van der Waals surface area contributed by atoms with Crippen LogP contribution in [0.25, 0.3) is 0 Å². The second-order valence-corrected chi connectivity index (χ2v) is 4.33. The maximum Gasteiger partial charge on any atom is 0.180 e. The van der Waals surface area contributed by atoms with E-state index in [1.165, 1.54) is 6.07 Å². The molecule has 4 nitrogen and oxygen atoms in total. The van der Waals surface area contributed by atoms with Crippen molar-refractivity contribution in [2.24, 2.45) is 0 Å². The minimum atomic E-state index is -0.518. The fraction of sp³-hybridized carbons (Fsp3) is 0.462. The van der Waals surface area contributed by atoms with Crippen molar-refractivity contribution in [2.75, 3.05) is 32.8 Å². The van der Waals surface area contributed by atoms with Crippen LogP contribution < -0.4 is 0 Å². The number of nitrogens with zero attached hydrogens (tertiary/aromatic N) is 1. The molecule has 1 saturated heterocycles. The highest BCUT2D eigenvalue weighted by molar-refractivity contribution is 6.00. The zero-order valence-electron chi connectivity index (χ0n) is 10.1. The van der Waals surface area contributed by atoms with Crippen molar-refractivity contribution in [1.82, 2.24) is 4.90 Å². The normalized spacial score (nSPS) is 17.4. The van der Waals surface area contributed by atoms with E-state index in [1.54, 1.807) is 0 Å². The van der Waals surface area contributed by atoms with Crippen LogP contribution in [0, 0.1) is 5.82 Å². The van der Waals surface area contributed by atoms with Gasteiger partial charge in [-0.3, -0.25) is 9.69 Å². The van der Waals surface area contributed by atoms with Gasteiger partial charge in [0.2, 0.25) is 0 Å². The van der Waals surface area contributed by atoms with Crippen LogP contribution in [0.4, 0.5) is 4.39 Å². The lowest BCUT2D eigenvalue weighted by Crippen LogP contribution is -2.32. The Morgan fingerprint density at radius 2 is 2.22 bits per heavy atom. The first kappa shape index (κ1) is 13.0. The highest BCUT2D eigenvalue weighted by Gasteiger charge is 2.17. The number of benzene rings is 1. The monoisotopic (exact) mass is 253 g/mol. The minimum absolute atomic E-state index is 0.0418. The molecule has 0 radical (unpaired) electrons. The summed E-state index contributed by atoms with van der Waals surface area (Å²) in [6.45, 7) is 2.95. The standard InChI is InChI=1S/C13H16FNO3/c14-10-2-3-12(16)11(8-10)13(17)9-15-4-1-6-18-7-5-15/h2-3,8,16H,1,4-7,9H2. The molecule has 5 heteroatoms. The number of carbonyl (C=O) groups is 1. The molecule has 1 heterocycles. The molecule has 0 unspecified atom stereocenters. The first-order valence-electron chi connectivity index (χ1n) is 5.98. The molecule has 0 bridgehead atoms. The van der Waals surface area contributed by atoms with Gasteiger partial charge >= 0.3 is 0 Å². The van der Waals surface area contributed by atoms with Crippen LogP contribution in [0.15, 0.2) is 18.2 Å². The molecule has 0 aliphatic carbocycles. The molecular weight excluding hydrogens is 237 g/mol. The van der Waals surface area contributed by atoms with E-state index < -0.39 is 5.82 Å². The summed E-state index contributed by atoms with van der Waals surface area (Å²) in [5.74, 6) is -0.961. The van der Waals surface area contributed by atoms with E-state index in [9.17, 15) is 14.3 Å². The lowest BCUT2D eigenvalue weighted by atomic mass is 10.1. The highest BCUT2D eigenvalue weighted by atomic mass is 19.1. The summed E-state index contributed by atoms with van der Waals surface area (Å²) < 4.78 is 18.3. The van der Waals surface area contributed by atoms with E-state index in [4.69, 9.17) is 4.74 Å². The highest BCUT2D eigenvalue weighted by Crippen LogP contribution is 2.18. The Kier molecular flexibility index (Phi) is 4.28. The molecule has 1 aliphatic rings. The van der Waals surface area contributed by atoms with E-state index in [-0.39, 0.29) is 23.6 Å². The van der Waals surface area contributed by atoms with Crippen LogP contribution in [0.3, 0.4) is 0 Å². The van der Waals surface area contributed by atoms with Gasteiger partial charge in [-0.05, 0) is 24.6 Å². The van der Waals surface area contributed by atoms with Crippen LogP contribution in [-0.2, 0) is 4.74 Å². The predicted octanol–water partition coefficient (Wildman–Crippen LogP) is 1.44. The van der Waals surface area contributed by atoms with Crippen LogP contribution in [0.1, 0.15) is 16.8 Å². The SMILES string of the molecule is O=C(CN1CCCOCC1)c1cc(F)ccc1O. The smallest absolute Gasteiger partial charge is 0.180 e. The number of rotatable bonds is 3. The number of Topliss-reactive ketones (excluding diaryl/α,β-unsaturated/α-hetero) is 1. The molecule has 0 atom stereocenters. The van der Waals surface area contributed by atoms with Crippen LogP contribution in [0.2, 0.25) is 0 Å². The number of halogens is 1. The maximum absolute atomic E-state index is 13.1. The molecule has 0 amide bonds. The number of phenolic OH excluding ortho intramolecular Hbond substituents is 1. The molecule has 1 N–H and O–H groups in total. The fourth-order valence-electron chi connectivity index (χ4n) is 1.98. The van der Waals surface area contributed by atoms with Crippen LogP contribution in [0.5, 0.6) is 5.75 Å². The average Bonchev–Trinajstić information content (AvgIpc) is 2.61. The van der Waals surface area contributed by atoms with Gasteiger partial charge in [0.05, 0.1) is 18.7 Å². The lowest BCUT2D eigenvalue weighted by molar-refractivity contribution is 0.0919. The third-order valence-corrected chi connectivity index (χ3v) is 2.94. The van der Waals surface area contributed by atoms with Crippen molar-refractivity contribution in [3.8, 4) is 5.75 Å². The van der Waals surface area contributed by atoms with Crippen molar-refractivity contribution < 1.29 is 19.0 Å². The number of phenols is 1. The van der Waals surface area contributed by atoms with Gasteiger partial charge in [-0.1, -0.05) is 0 Å². The Morgan fingerprint density at radius 3 is 3.06 bits per heavy atom. The second kappa shape index (κ2) is 5.93. The van der Waals surface area contributed by atoms with Gasteiger partial charge in [0.1, 0.15) is 11.6 Å². The number of ether oxygens (including phenoxy) is 1. The van der Waals surface area contributed by atoms with Crippen molar-refractivity contribution in [1.29, 1.82) is 0 Å². The Hall–Kier alpha value is -1.46. The maximum atomic E-state index is 13.1. The van der Waals surface area contributed by atoms with E-state index >= 15 is 0 Å². The van der Waals surface area contributed by atoms with Crippen molar-refractivity contribution in [3.05, 3.63) is 29.6 Å². The molecule has 1 aromatic rings. The Labute approximate surface area is 105 Å².